The van der Waals surface area contributed by atoms with E-state index in [1.807, 2.05) is 56.3 Å². The number of amides is 1. The minimum Gasteiger partial charge on any atom is -0.360 e. The maximum absolute atomic E-state index is 12.8. The van der Waals surface area contributed by atoms with E-state index in [9.17, 15) is 4.79 Å². The van der Waals surface area contributed by atoms with Crippen LogP contribution in [0, 0.1) is 13.8 Å². The number of aryl methyl sites for hydroxylation is 2. The van der Waals surface area contributed by atoms with Gasteiger partial charge in [0.1, 0.15) is 17.0 Å². The van der Waals surface area contributed by atoms with Gasteiger partial charge in [0.2, 0.25) is 0 Å². The molecule has 0 saturated heterocycles. The second-order valence-corrected chi connectivity index (χ2v) is 6.17. The lowest BCUT2D eigenvalue weighted by Gasteiger charge is -2.14. The Morgan fingerprint density at radius 2 is 1.92 bits per heavy atom. The van der Waals surface area contributed by atoms with E-state index in [1.54, 1.807) is 13.1 Å². The Labute approximate surface area is 147 Å². The van der Waals surface area contributed by atoms with E-state index in [2.05, 4.69) is 15.5 Å². The molecule has 0 fully saturated rings. The van der Waals surface area contributed by atoms with Crippen molar-refractivity contribution in [3.05, 3.63) is 71.2 Å². The number of benzene rings is 1. The van der Waals surface area contributed by atoms with Crippen molar-refractivity contribution in [2.45, 2.75) is 33.2 Å². The van der Waals surface area contributed by atoms with Crippen molar-refractivity contribution in [3.8, 4) is 11.3 Å². The summed E-state index contributed by atoms with van der Waals surface area (Å²) in [7, 11) is 0. The molecular weight excluding hydrogens is 314 g/mol. The molecule has 5 nitrogen and oxygen atoms in total. The number of carbonyl (C=O) groups is 1. The zero-order valence-electron chi connectivity index (χ0n) is 14.6. The number of carbonyl (C=O) groups excluding carboxylic acids is 1. The van der Waals surface area contributed by atoms with Crippen molar-refractivity contribution in [1.82, 2.24) is 15.5 Å². The topological polar surface area (TPSA) is 68.0 Å². The summed E-state index contributed by atoms with van der Waals surface area (Å²) in [4.78, 5) is 17.2. The largest absolute Gasteiger partial charge is 0.360 e. The molecule has 5 heteroatoms. The first kappa shape index (κ1) is 16.9. The fraction of sp³-hybridized carbons (Fsp3) is 0.250. The predicted octanol–water partition coefficient (Wildman–Crippen LogP) is 3.71. The van der Waals surface area contributed by atoms with Crippen molar-refractivity contribution in [2.75, 3.05) is 0 Å². The molecule has 0 saturated carbocycles. The summed E-state index contributed by atoms with van der Waals surface area (Å²) < 4.78 is 5.27. The van der Waals surface area contributed by atoms with Crippen molar-refractivity contribution in [2.24, 2.45) is 0 Å². The summed E-state index contributed by atoms with van der Waals surface area (Å²) in [6.45, 7) is 5.74. The molecule has 2 heterocycles. The molecule has 1 amide bonds. The van der Waals surface area contributed by atoms with Gasteiger partial charge in [-0.1, -0.05) is 41.6 Å². The predicted molar refractivity (Wildman–Crippen MR) is 96.3 cm³/mol. The molecule has 0 spiro atoms. The fourth-order valence-corrected chi connectivity index (χ4v) is 2.80. The molecule has 0 aliphatic carbocycles. The van der Waals surface area contributed by atoms with E-state index < -0.39 is 0 Å². The fourth-order valence-electron chi connectivity index (χ4n) is 2.80. The number of hydrogen-bond donors (Lipinski definition) is 1. The Morgan fingerprint density at radius 1 is 1.16 bits per heavy atom. The highest BCUT2D eigenvalue weighted by atomic mass is 16.5. The molecule has 1 atom stereocenters. The van der Waals surface area contributed by atoms with Crippen molar-refractivity contribution >= 4 is 5.91 Å². The SMILES string of the molecule is Cc1cccnc1C[C@@H](C)NC(=O)c1c(-c2ccccc2)noc1C. The minimum absolute atomic E-state index is 0.0565. The van der Waals surface area contributed by atoms with Crippen LogP contribution in [0.2, 0.25) is 0 Å². The summed E-state index contributed by atoms with van der Waals surface area (Å²) in [5.74, 6) is 0.330. The van der Waals surface area contributed by atoms with Gasteiger partial charge >= 0.3 is 0 Å². The number of nitrogens with one attached hydrogen (secondary N) is 1. The van der Waals surface area contributed by atoms with Crippen LogP contribution in [0.5, 0.6) is 0 Å². The Bertz CT molecular complexity index is 872. The summed E-state index contributed by atoms with van der Waals surface area (Å²) in [5.41, 5.74) is 4.01. The Balaban J connectivity index is 1.78. The van der Waals surface area contributed by atoms with Gasteiger partial charge in [-0.2, -0.15) is 0 Å². The molecular formula is C20H21N3O2. The summed E-state index contributed by atoms with van der Waals surface area (Å²) in [6.07, 6.45) is 2.44. The number of rotatable bonds is 5. The van der Waals surface area contributed by atoms with Crippen LogP contribution < -0.4 is 5.32 Å². The lowest BCUT2D eigenvalue weighted by molar-refractivity contribution is 0.0939. The van der Waals surface area contributed by atoms with Crippen LogP contribution in [0.15, 0.2) is 53.2 Å². The third-order valence-corrected chi connectivity index (χ3v) is 4.13. The molecule has 3 aromatic rings. The van der Waals surface area contributed by atoms with E-state index in [0.29, 0.717) is 23.4 Å². The first-order valence-electron chi connectivity index (χ1n) is 8.29. The molecule has 0 bridgehead atoms. The molecule has 128 valence electrons. The zero-order valence-corrected chi connectivity index (χ0v) is 14.6. The van der Waals surface area contributed by atoms with Gasteiger partial charge in [0, 0.05) is 29.9 Å². The smallest absolute Gasteiger partial charge is 0.257 e. The number of nitrogens with zero attached hydrogens (tertiary/aromatic N) is 2. The van der Waals surface area contributed by atoms with E-state index in [-0.39, 0.29) is 11.9 Å². The maximum Gasteiger partial charge on any atom is 0.257 e. The van der Waals surface area contributed by atoms with Gasteiger partial charge in [-0.15, -0.1) is 0 Å². The Hall–Kier alpha value is -2.95. The first-order valence-corrected chi connectivity index (χ1v) is 8.29. The van der Waals surface area contributed by atoms with Crippen LogP contribution in [0.4, 0.5) is 0 Å². The van der Waals surface area contributed by atoms with Gasteiger partial charge in [-0.05, 0) is 32.4 Å². The molecule has 1 aromatic carbocycles. The van der Waals surface area contributed by atoms with E-state index in [1.165, 1.54) is 0 Å². The lowest BCUT2D eigenvalue weighted by atomic mass is 10.0. The number of pyridine rings is 1. The molecule has 0 unspecified atom stereocenters. The van der Waals surface area contributed by atoms with Crippen molar-refractivity contribution < 1.29 is 9.32 Å². The second kappa shape index (κ2) is 7.30. The van der Waals surface area contributed by atoms with E-state index in [0.717, 1.165) is 16.8 Å². The molecule has 0 aliphatic rings. The van der Waals surface area contributed by atoms with Gasteiger partial charge in [-0.3, -0.25) is 9.78 Å². The average Bonchev–Trinajstić information content (AvgIpc) is 2.99. The highest BCUT2D eigenvalue weighted by Gasteiger charge is 2.22. The maximum atomic E-state index is 12.8. The molecule has 1 N–H and O–H groups in total. The van der Waals surface area contributed by atoms with Gasteiger partial charge in [0.25, 0.3) is 5.91 Å². The molecule has 3 rings (SSSR count). The zero-order chi connectivity index (χ0) is 17.8. The van der Waals surface area contributed by atoms with Crippen LogP contribution in [-0.4, -0.2) is 22.1 Å². The van der Waals surface area contributed by atoms with Gasteiger partial charge in [0.15, 0.2) is 0 Å². The molecule has 0 radical (unpaired) electrons. The van der Waals surface area contributed by atoms with E-state index in [4.69, 9.17) is 4.52 Å². The second-order valence-electron chi connectivity index (χ2n) is 6.17. The highest BCUT2D eigenvalue weighted by Crippen LogP contribution is 2.25. The summed E-state index contributed by atoms with van der Waals surface area (Å²) in [6, 6.07) is 13.4. The third-order valence-electron chi connectivity index (χ3n) is 4.13. The monoisotopic (exact) mass is 335 g/mol. The molecule has 2 aromatic heterocycles. The number of aromatic nitrogens is 2. The molecule has 0 aliphatic heterocycles. The molecule has 25 heavy (non-hydrogen) atoms. The van der Waals surface area contributed by atoms with Gasteiger partial charge < -0.3 is 9.84 Å². The van der Waals surface area contributed by atoms with Crippen molar-refractivity contribution in [1.29, 1.82) is 0 Å². The number of hydrogen-bond acceptors (Lipinski definition) is 4. The Morgan fingerprint density at radius 3 is 2.64 bits per heavy atom. The average molecular weight is 335 g/mol. The lowest BCUT2D eigenvalue weighted by Crippen LogP contribution is -2.34. The van der Waals surface area contributed by atoms with Gasteiger partial charge in [-0.25, -0.2) is 0 Å². The van der Waals surface area contributed by atoms with E-state index >= 15 is 0 Å². The first-order chi connectivity index (χ1) is 12.1. The van der Waals surface area contributed by atoms with Crippen LogP contribution in [0.1, 0.15) is 34.3 Å². The van der Waals surface area contributed by atoms with Crippen LogP contribution >= 0.6 is 0 Å². The summed E-state index contributed by atoms with van der Waals surface area (Å²) in [5, 5.41) is 7.09. The van der Waals surface area contributed by atoms with Crippen LogP contribution in [-0.2, 0) is 6.42 Å². The minimum atomic E-state index is -0.182. The third kappa shape index (κ3) is 3.76. The highest BCUT2D eigenvalue weighted by molar-refractivity contribution is 6.00. The quantitative estimate of drug-likeness (QED) is 0.772. The Kier molecular flexibility index (Phi) is 4.93. The van der Waals surface area contributed by atoms with Crippen molar-refractivity contribution in [3.63, 3.8) is 0 Å². The van der Waals surface area contributed by atoms with Crippen LogP contribution in [0.3, 0.4) is 0 Å². The normalized spacial score (nSPS) is 12.0. The van der Waals surface area contributed by atoms with Gasteiger partial charge in [0.05, 0.1) is 0 Å². The van der Waals surface area contributed by atoms with Crippen LogP contribution in [0.25, 0.3) is 11.3 Å². The summed E-state index contributed by atoms with van der Waals surface area (Å²) >= 11 is 0. The standard InChI is InChI=1S/C20H21N3O2/c1-13-8-7-11-21-17(13)12-14(2)22-20(24)18-15(3)25-23-19(18)16-9-5-4-6-10-16/h4-11,14H,12H2,1-3H3,(H,22,24)/t14-/m1/s1.